The Balaban J connectivity index is 1.72. The first-order valence-corrected chi connectivity index (χ1v) is 10.9. The number of carbonyl (C=O) groups is 1. The standard InChI is InChI=1S/C20H19ClN2O6S/c1-2-3-12-8-20(25)29-17-10-18(16(21)9-15(12)17)28-11-19(24)23-13-4-6-14(7-5-13)30(22,26)27/h4-10H,2-3,11H2,1H3,(H,23,24)(H2,22,26,27). The minimum absolute atomic E-state index is 0.0661. The number of hydrogen-bond donors (Lipinski definition) is 2. The molecular weight excluding hydrogens is 432 g/mol. The molecule has 0 atom stereocenters. The van der Waals surface area contributed by atoms with Crippen molar-refractivity contribution in [3.05, 3.63) is 63.5 Å². The molecule has 3 rings (SSSR count). The lowest BCUT2D eigenvalue weighted by Gasteiger charge is -2.11. The summed E-state index contributed by atoms with van der Waals surface area (Å²) in [6.45, 7) is 1.64. The van der Waals surface area contributed by atoms with Crippen LogP contribution in [-0.2, 0) is 21.2 Å². The van der Waals surface area contributed by atoms with Gasteiger partial charge in [-0.1, -0.05) is 24.9 Å². The van der Waals surface area contributed by atoms with Crippen LogP contribution < -0.4 is 20.8 Å². The van der Waals surface area contributed by atoms with Gasteiger partial charge in [-0.15, -0.1) is 0 Å². The summed E-state index contributed by atoms with van der Waals surface area (Å²) in [4.78, 5) is 23.9. The van der Waals surface area contributed by atoms with Crippen LogP contribution in [0.2, 0.25) is 5.02 Å². The highest BCUT2D eigenvalue weighted by molar-refractivity contribution is 7.89. The highest BCUT2D eigenvalue weighted by Gasteiger charge is 2.13. The highest BCUT2D eigenvalue weighted by atomic mass is 35.5. The fourth-order valence-electron chi connectivity index (χ4n) is 2.88. The number of benzene rings is 2. The molecule has 10 heteroatoms. The lowest BCUT2D eigenvalue weighted by atomic mass is 10.1. The third-order valence-electron chi connectivity index (χ3n) is 4.23. The Bertz CT molecular complexity index is 1250. The van der Waals surface area contributed by atoms with Crippen LogP contribution in [0.4, 0.5) is 5.69 Å². The van der Waals surface area contributed by atoms with Gasteiger partial charge >= 0.3 is 5.63 Å². The maximum Gasteiger partial charge on any atom is 0.336 e. The zero-order chi connectivity index (χ0) is 21.9. The van der Waals surface area contributed by atoms with Gasteiger partial charge in [0.05, 0.1) is 9.92 Å². The number of carbonyl (C=O) groups excluding carboxylic acids is 1. The molecule has 30 heavy (non-hydrogen) atoms. The lowest BCUT2D eigenvalue weighted by molar-refractivity contribution is -0.118. The van der Waals surface area contributed by atoms with Crippen molar-refractivity contribution in [2.75, 3.05) is 11.9 Å². The molecule has 0 unspecified atom stereocenters. The molecule has 0 bridgehead atoms. The normalized spacial score (nSPS) is 11.4. The predicted molar refractivity (Wildman–Crippen MR) is 113 cm³/mol. The van der Waals surface area contributed by atoms with Crippen LogP contribution in [0.15, 0.2) is 56.6 Å². The van der Waals surface area contributed by atoms with Crippen molar-refractivity contribution in [2.24, 2.45) is 5.14 Å². The van der Waals surface area contributed by atoms with Crippen LogP contribution in [0.5, 0.6) is 5.75 Å². The number of sulfonamides is 1. The molecule has 3 N–H and O–H groups in total. The lowest BCUT2D eigenvalue weighted by Crippen LogP contribution is -2.20. The van der Waals surface area contributed by atoms with E-state index >= 15 is 0 Å². The molecule has 8 nitrogen and oxygen atoms in total. The van der Waals surface area contributed by atoms with Crippen molar-refractivity contribution >= 4 is 44.2 Å². The molecule has 0 aliphatic rings. The second-order valence-electron chi connectivity index (χ2n) is 6.53. The fourth-order valence-corrected chi connectivity index (χ4v) is 3.62. The van der Waals surface area contributed by atoms with E-state index in [2.05, 4.69) is 5.32 Å². The Labute approximate surface area is 177 Å². The van der Waals surface area contributed by atoms with Crippen LogP contribution in [0, 0.1) is 0 Å². The monoisotopic (exact) mass is 450 g/mol. The molecule has 0 aliphatic heterocycles. The minimum Gasteiger partial charge on any atom is -0.482 e. The molecule has 0 fully saturated rings. The average Bonchev–Trinajstić information content (AvgIpc) is 2.67. The third kappa shape index (κ3) is 5.18. The van der Waals surface area contributed by atoms with E-state index in [0.717, 1.165) is 12.0 Å². The molecule has 0 saturated carbocycles. The van der Waals surface area contributed by atoms with Crippen molar-refractivity contribution in [2.45, 2.75) is 24.7 Å². The molecule has 0 saturated heterocycles. The molecule has 1 aromatic heterocycles. The molecule has 0 aliphatic carbocycles. The van der Waals surface area contributed by atoms with Gasteiger partial charge < -0.3 is 14.5 Å². The first kappa shape index (κ1) is 21.8. The van der Waals surface area contributed by atoms with E-state index in [4.69, 9.17) is 25.9 Å². The maximum absolute atomic E-state index is 12.1. The van der Waals surface area contributed by atoms with Gasteiger partial charge in [0.15, 0.2) is 6.61 Å². The predicted octanol–water partition coefficient (Wildman–Crippen LogP) is 3.06. The number of amides is 1. The SMILES string of the molecule is CCCc1cc(=O)oc2cc(OCC(=O)Nc3ccc(S(N)(=O)=O)cc3)c(Cl)cc12. The summed E-state index contributed by atoms with van der Waals surface area (Å²) in [5.74, 6) is -0.295. The second-order valence-corrected chi connectivity index (χ2v) is 8.49. The molecule has 2 aromatic carbocycles. The first-order valence-electron chi connectivity index (χ1n) is 8.99. The number of fused-ring (bicyclic) bond motifs is 1. The van der Waals surface area contributed by atoms with Crippen molar-refractivity contribution in [3.63, 3.8) is 0 Å². The van der Waals surface area contributed by atoms with Crippen LogP contribution in [0.1, 0.15) is 18.9 Å². The van der Waals surface area contributed by atoms with Crippen molar-refractivity contribution in [1.82, 2.24) is 0 Å². The van der Waals surface area contributed by atoms with E-state index in [0.29, 0.717) is 23.1 Å². The quantitative estimate of drug-likeness (QED) is 0.532. The Kier molecular flexibility index (Phi) is 6.45. The van der Waals surface area contributed by atoms with Crippen LogP contribution in [0.25, 0.3) is 11.0 Å². The zero-order valence-corrected chi connectivity index (χ0v) is 17.5. The number of nitrogens with one attached hydrogen (secondary N) is 1. The van der Waals surface area contributed by atoms with E-state index in [1.165, 1.54) is 36.4 Å². The Hall–Kier alpha value is -2.88. The summed E-state index contributed by atoms with van der Waals surface area (Å²) in [6, 6.07) is 9.94. The number of aryl methyl sites for hydroxylation is 1. The number of anilines is 1. The summed E-state index contributed by atoms with van der Waals surface area (Å²) in [5, 5.41) is 8.59. The van der Waals surface area contributed by atoms with Gasteiger partial charge in [-0.3, -0.25) is 4.79 Å². The van der Waals surface area contributed by atoms with Gasteiger partial charge in [0, 0.05) is 23.2 Å². The van der Waals surface area contributed by atoms with Gasteiger partial charge in [0.25, 0.3) is 5.91 Å². The van der Waals surface area contributed by atoms with Gasteiger partial charge in [-0.25, -0.2) is 18.4 Å². The highest BCUT2D eigenvalue weighted by Crippen LogP contribution is 2.31. The van der Waals surface area contributed by atoms with Crippen molar-refractivity contribution in [3.8, 4) is 5.75 Å². The van der Waals surface area contributed by atoms with Crippen LogP contribution in [-0.4, -0.2) is 20.9 Å². The summed E-state index contributed by atoms with van der Waals surface area (Å²) in [7, 11) is -3.81. The first-order chi connectivity index (χ1) is 14.2. The number of halogens is 1. The molecule has 1 amide bonds. The van der Waals surface area contributed by atoms with E-state index < -0.39 is 21.6 Å². The van der Waals surface area contributed by atoms with Crippen molar-refractivity contribution < 1.29 is 22.4 Å². The Morgan fingerprint density at radius 3 is 2.53 bits per heavy atom. The number of nitrogens with two attached hydrogens (primary N) is 1. The summed E-state index contributed by atoms with van der Waals surface area (Å²) in [6.07, 6.45) is 1.55. The topological polar surface area (TPSA) is 129 Å². The fraction of sp³-hybridized carbons (Fsp3) is 0.200. The Morgan fingerprint density at radius 2 is 1.90 bits per heavy atom. The van der Waals surface area contributed by atoms with Crippen molar-refractivity contribution in [1.29, 1.82) is 0 Å². The summed E-state index contributed by atoms with van der Waals surface area (Å²) < 4.78 is 33.2. The molecule has 3 aromatic rings. The van der Waals surface area contributed by atoms with E-state index in [-0.39, 0.29) is 22.3 Å². The second kappa shape index (κ2) is 8.86. The largest absolute Gasteiger partial charge is 0.482 e. The van der Waals surface area contributed by atoms with Gasteiger partial charge in [0.1, 0.15) is 11.3 Å². The number of primary sulfonamides is 1. The molecule has 0 spiro atoms. The van der Waals surface area contributed by atoms with Crippen LogP contribution >= 0.6 is 11.6 Å². The third-order valence-corrected chi connectivity index (χ3v) is 5.45. The van der Waals surface area contributed by atoms with Gasteiger partial charge in [0.2, 0.25) is 10.0 Å². The van der Waals surface area contributed by atoms with E-state index in [1.807, 2.05) is 6.92 Å². The average molecular weight is 451 g/mol. The minimum atomic E-state index is -3.81. The Morgan fingerprint density at radius 1 is 1.20 bits per heavy atom. The zero-order valence-electron chi connectivity index (χ0n) is 16.0. The van der Waals surface area contributed by atoms with Crippen LogP contribution in [0.3, 0.4) is 0 Å². The smallest absolute Gasteiger partial charge is 0.336 e. The number of rotatable bonds is 7. The molecular formula is C20H19ClN2O6S. The number of ether oxygens (including phenoxy) is 1. The van der Waals surface area contributed by atoms with E-state index in [9.17, 15) is 18.0 Å². The molecule has 1 heterocycles. The van der Waals surface area contributed by atoms with E-state index in [1.54, 1.807) is 6.07 Å². The van der Waals surface area contributed by atoms with Gasteiger partial charge in [-0.05, 0) is 42.3 Å². The molecule has 158 valence electrons. The summed E-state index contributed by atoms with van der Waals surface area (Å²) in [5.41, 5.74) is 1.05. The van der Waals surface area contributed by atoms with Gasteiger partial charge in [-0.2, -0.15) is 0 Å². The molecule has 0 radical (unpaired) electrons. The maximum atomic E-state index is 12.1. The summed E-state index contributed by atoms with van der Waals surface area (Å²) >= 11 is 6.27. The number of hydrogen-bond acceptors (Lipinski definition) is 6.